The van der Waals surface area contributed by atoms with E-state index in [1.165, 1.54) is 31.6 Å². The lowest BCUT2D eigenvalue weighted by molar-refractivity contribution is 0.239. The average molecular weight is 360 g/mol. The largest absolute Gasteiger partial charge is 0.439 e. The van der Waals surface area contributed by atoms with Crippen LogP contribution in [-0.2, 0) is 16.4 Å². The third-order valence-corrected chi connectivity index (χ3v) is 5.88. The first kappa shape index (κ1) is 17.9. The molecule has 6 heteroatoms. The van der Waals surface area contributed by atoms with Gasteiger partial charge >= 0.3 is 0 Å². The number of nitrogens with zero attached hydrogens (tertiary/aromatic N) is 1. The fourth-order valence-corrected chi connectivity index (χ4v) is 3.56. The lowest BCUT2D eigenvalue weighted by Gasteiger charge is -2.32. The molecule has 1 aromatic carbocycles. The van der Waals surface area contributed by atoms with Crippen LogP contribution in [0.1, 0.15) is 31.7 Å². The van der Waals surface area contributed by atoms with Crippen LogP contribution in [0.5, 0.6) is 11.6 Å². The average Bonchev–Trinajstić information content (AvgIpc) is 2.52. The zero-order valence-corrected chi connectivity index (χ0v) is 15.4. The fraction of sp³-hybridized carbons (Fsp3) is 0.421. The van der Waals surface area contributed by atoms with Crippen molar-refractivity contribution in [2.45, 2.75) is 43.7 Å². The van der Waals surface area contributed by atoms with Gasteiger partial charge in [-0.05, 0) is 49.9 Å². The molecule has 1 N–H and O–H groups in total. The Morgan fingerprint density at radius 2 is 2.08 bits per heavy atom. The van der Waals surface area contributed by atoms with Gasteiger partial charge in [-0.1, -0.05) is 18.6 Å². The Morgan fingerprint density at radius 1 is 1.28 bits per heavy atom. The molecule has 1 aromatic heterocycles. The summed E-state index contributed by atoms with van der Waals surface area (Å²) in [6.07, 6.45) is 6.78. The maximum absolute atomic E-state index is 11.7. The van der Waals surface area contributed by atoms with Crippen LogP contribution in [0.2, 0.25) is 0 Å². The van der Waals surface area contributed by atoms with Crippen molar-refractivity contribution in [3.8, 4) is 11.6 Å². The number of ether oxygens (including phenoxy) is 1. The molecule has 2 aromatic rings. The Bertz CT molecular complexity index is 832. The molecule has 1 saturated carbocycles. The van der Waals surface area contributed by atoms with E-state index < -0.39 is 9.84 Å². The lowest BCUT2D eigenvalue weighted by Crippen LogP contribution is -2.36. The van der Waals surface area contributed by atoms with Crippen molar-refractivity contribution in [1.29, 1.82) is 0 Å². The minimum absolute atomic E-state index is 0.235. The van der Waals surface area contributed by atoms with E-state index in [0.717, 1.165) is 11.5 Å². The molecule has 5 nitrogen and oxygen atoms in total. The first-order valence-electron chi connectivity index (χ1n) is 8.59. The van der Waals surface area contributed by atoms with Gasteiger partial charge in [-0.3, -0.25) is 0 Å². The molecule has 0 amide bonds. The highest BCUT2D eigenvalue weighted by atomic mass is 32.2. The molecule has 0 bridgehead atoms. The van der Waals surface area contributed by atoms with E-state index in [4.69, 9.17) is 4.74 Å². The summed E-state index contributed by atoms with van der Waals surface area (Å²) < 4.78 is 29.3. The second-order valence-electron chi connectivity index (χ2n) is 6.68. The summed E-state index contributed by atoms with van der Waals surface area (Å²) in [6.45, 7) is 2.89. The van der Waals surface area contributed by atoms with E-state index in [9.17, 15) is 8.42 Å². The normalized spacial score (nSPS) is 16.2. The van der Waals surface area contributed by atoms with Gasteiger partial charge in [0.25, 0.3) is 0 Å². The quantitative estimate of drug-likeness (QED) is 0.818. The SMILES string of the molecule is CC(NCc1cccnc1Oc1cccc(S(C)(=O)=O)c1)C1CCC1. The highest BCUT2D eigenvalue weighted by Gasteiger charge is 2.23. The number of hydrogen-bond acceptors (Lipinski definition) is 5. The molecule has 0 radical (unpaired) electrons. The highest BCUT2D eigenvalue weighted by Crippen LogP contribution is 2.30. The summed E-state index contributed by atoms with van der Waals surface area (Å²) in [5.74, 6) is 1.73. The van der Waals surface area contributed by atoms with Crippen LogP contribution in [0.25, 0.3) is 0 Å². The molecule has 0 aliphatic heterocycles. The molecule has 134 valence electrons. The third kappa shape index (κ3) is 4.58. The minimum Gasteiger partial charge on any atom is -0.439 e. The molecule has 0 spiro atoms. The van der Waals surface area contributed by atoms with E-state index in [0.29, 0.717) is 24.2 Å². The summed E-state index contributed by atoms with van der Waals surface area (Å²) >= 11 is 0. The van der Waals surface area contributed by atoms with Crippen LogP contribution < -0.4 is 10.1 Å². The van der Waals surface area contributed by atoms with Crippen molar-refractivity contribution in [2.75, 3.05) is 6.26 Å². The van der Waals surface area contributed by atoms with Gasteiger partial charge in [0.05, 0.1) is 4.90 Å². The van der Waals surface area contributed by atoms with Gasteiger partial charge in [0.15, 0.2) is 9.84 Å². The number of benzene rings is 1. The van der Waals surface area contributed by atoms with Crippen molar-refractivity contribution in [2.24, 2.45) is 5.92 Å². The zero-order chi connectivity index (χ0) is 17.9. The van der Waals surface area contributed by atoms with Gasteiger partial charge < -0.3 is 10.1 Å². The van der Waals surface area contributed by atoms with Crippen LogP contribution in [0.4, 0.5) is 0 Å². The molecule has 25 heavy (non-hydrogen) atoms. The van der Waals surface area contributed by atoms with Gasteiger partial charge in [-0.15, -0.1) is 0 Å². The summed E-state index contributed by atoms with van der Waals surface area (Å²) in [5, 5.41) is 3.55. The van der Waals surface area contributed by atoms with Crippen molar-refractivity contribution >= 4 is 9.84 Å². The number of aromatic nitrogens is 1. The maximum Gasteiger partial charge on any atom is 0.223 e. The molecule has 1 aliphatic carbocycles. The molecule has 1 fully saturated rings. The van der Waals surface area contributed by atoms with Gasteiger partial charge in [0.2, 0.25) is 5.88 Å². The smallest absolute Gasteiger partial charge is 0.223 e. The van der Waals surface area contributed by atoms with Crippen LogP contribution in [0, 0.1) is 5.92 Å². The Kier molecular flexibility index (Phi) is 5.39. The van der Waals surface area contributed by atoms with Gasteiger partial charge in [-0.25, -0.2) is 13.4 Å². The molecular formula is C19H24N2O3S. The summed E-state index contributed by atoms with van der Waals surface area (Å²) in [4.78, 5) is 4.55. The molecule has 0 saturated heterocycles. The Morgan fingerprint density at radius 3 is 2.76 bits per heavy atom. The summed E-state index contributed by atoms with van der Waals surface area (Å²) in [6, 6.07) is 10.8. The minimum atomic E-state index is -3.27. The number of nitrogens with one attached hydrogen (secondary N) is 1. The number of hydrogen-bond donors (Lipinski definition) is 1. The molecule has 1 unspecified atom stereocenters. The van der Waals surface area contributed by atoms with Gasteiger partial charge in [0.1, 0.15) is 5.75 Å². The Labute approximate surface area is 149 Å². The standard InChI is InChI=1S/C19H24N2O3S/c1-14(15-6-3-7-15)21-13-16-8-5-11-20-19(16)24-17-9-4-10-18(12-17)25(2,22)23/h4-5,8-12,14-15,21H,3,6-7,13H2,1-2H3. The van der Waals surface area contributed by atoms with Crippen LogP contribution in [0.15, 0.2) is 47.5 Å². The zero-order valence-electron chi connectivity index (χ0n) is 14.6. The molecular weight excluding hydrogens is 336 g/mol. The predicted octanol–water partition coefficient (Wildman–Crippen LogP) is 3.56. The summed E-state index contributed by atoms with van der Waals surface area (Å²) in [5.41, 5.74) is 0.957. The van der Waals surface area contributed by atoms with Crippen molar-refractivity contribution in [1.82, 2.24) is 10.3 Å². The third-order valence-electron chi connectivity index (χ3n) is 4.77. The van der Waals surface area contributed by atoms with Crippen molar-refractivity contribution in [3.63, 3.8) is 0 Å². The first-order chi connectivity index (χ1) is 11.9. The van der Waals surface area contributed by atoms with E-state index in [2.05, 4.69) is 17.2 Å². The predicted molar refractivity (Wildman–Crippen MR) is 97.5 cm³/mol. The number of sulfone groups is 1. The monoisotopic (exact) mass is 360 g/mol. The highest BCUT2D eigenvalue weighted by molar-refractivity contribution is 7.90. The first-order valence-corrected chi connectivity index (χ1v) is 10.5. The second kappa shape index (κ2) is 7.54. The van der Waals surface area contributed by atoms with Gasteiger partial charge in [0, 0.05) is 30.6 Å². The fourth-order valence-electron chi connectivity index (χ4n) is 2.91. The van der Waals surface area contributed by atoms with Crippen molar-refractivity contribution in [3.05, 3.63) is 48.2 Å². The van der Waals surface area contributed by atoms with E-state index in [1.54, 1.807) is 24.4 Å². The number of rotatable bonds is 7. The second-order valence-corrected chi connectivity index (χ2v) is 8.69. The number of pyridine rings is 1. The van der Waals surface area contributed by atoms with Crippen LogP contribution in [-0.4, -0.2) is 25.7 Å². The topological polar surface area (TPSA) is 68.3 Å². The van der Waals surface area contributed by atoms with E-state index in [1.807, 2.05) is 12.1 Å². The molecule has 1 heterocycles. The molecule has 1 aliphatic rings. The molecule has 3 rings (SSSR count). The Hall–Kier alpha value is -1.92. The summed E-state index contributed by atoms with van der Waals surface area (Å²) in [7, 11) is -3.27. The maximum atomic E-state index is 11.7. The lowest BCUT2D eigenvalue weighted by atomic mass is 9.80. The van der Waals surface area contributed by atoms with E-state index in [-0.39, 0.29) is 4.90 Å². The van der Waals surface area contributed by atoms with Gasteiger partial charge in [-0.2, -0.15) is 0 Å². The van der Waals surface area contributed by atoms with Crippen LogP contribution in [0.3, 0.4) is 0 Å². The van der Waals surface area contributed by atoms with Crippen molar-refractivity contribution < 1.29 is 13.2 Å². The van der Waals surface area contributed by atoms with E-state index >= 15 is 0 Å². The van der Waals surface area contributed by atoms with Crippen LogP contribution >= 0.6 is 0 Å². The Balaban J connectivity index is 1.72. The molecule has 1 atom stereocenters.